The normalized spacial score (nSPS) is 11.8. The van der Waals surface area contributed by atoms with Gasteiger partial charge in [0.2, 0.25) is 0 Å². The predicted molar refractivity (Wildman–Crippen MR) is 102 cm³/mol. The summed E-state index contributed by atoms with van der Waals surface area (Å²) in [6.07, 6.45) is 0. The molecule has 0 aliphatic rings. The summed E-state index contributed by atoms with van der Waals surface area (Å²) in [4.78, 5) is 0. The first kappa shape index (κ1) is 15.5. The Labute approximate surface area is 147 Å². The Kier molecular flexibility index (Phi) is 3.61. The molecule has 0 unspecified atom stereocenters. The molecule has 1 aromatic heterocycles. The monoisotopic (exact) mass is 328 g/mol. The van der Waals surface area contributed by atoms with Crippen LogP contribution in [0.5, 0.6) is 5.75 Å². The van der Waals surface area contributed by atoms with E-state index in [2.05, 4.69) is 26.0 Å². The Bertz CT molecular complexity index is 1010. The summed E-state index contributed by atoms with van der Waals surface area (Å²) < 4.78 is 6.05. The molecule has 1 N–H and O–H groups in total. The summed E-state index contributed by atoms with van der Waals surface area (Å²) in [5.41, 5.74) is 3.70. The Balaban J connectivity index is 1.85. The van der Waals surface area contributed by atoms with E-state index in [-0.39, 0.29) is 11.2 Å². The molecule has 4 aromatic rings. The number of phenols is 1. The molecule has 3 aromatic carbocycles. The van der Waals surface area contributed by atoms with E-state index >= 15 is 0 Å². The molecular formula is C23H20O2. The minimum absolute atomic E-state index is 0.230. The zero-order chi connectivity index (χ0) is 17.4. The van der Waals surface area contributed by atoms with Crippen molar-refractivity contribution in [2.75, 3.05) is 0 Å². The molecule has 0 bridgehead atoms. The summed E-state index contributed by atoms with van der Waals surface area (Å²) in [7, 11) is 0. The number of furan rings is 1. The van der Waals surface area contributed by atoms with Crippen LogP contribution in [0.25, 0.3) is 22.3 Å². The Morgan fingerprint density at radius 2 is 1.40 bits per heavy atom. The molecule has 0 aliphatic heterocycles. The number of fused-ring (bicyclic) bond motifs is 1. The lowest BCUT2D eigenvalue weighted by atomic mass is 9.78. The standard InChI is InChI=1S/C23H20O2/c1-23(2,17-11-7-4-8-12-17)18-13-20(24)19-15-21(25-22(19)14-18)16-9-5-3-6-10-16/h3-15,24H,1-2H3. The highest BCUT2D eigenvalue weighted by atomic mass is 16.3. The van der Waals surface area contributed by atoms with Crippen molar-refractivity contribution >= 4 is 11.0 Å². The predicted octanol–water partition coefficient (Wildman–Crippen LogP) is 6.13. The van der Waals surface area contributed by atoms with Gasteiger partial charge in [0.25, 0.3) is 0 Å². The first-order chi connectivity index (χ1) is 12.1. The lowest BCUT2D eigenvalue weighted by molar-refractivity contribution is 0.478. The molecule has 2 nitrogen and oxygen atoms in total. The summed E-state index contributed by atoms with van der Waals surface area (Å²) in [5, 5.41) is 11.3. The third-order valence-electron chi connectivity index (χ3n) is 4.89. The van der Waals surface area contributed by atoms with Crippen LogP contribution in [0.4, 0.5) is 0 Å². The van der Waals surface area contributed by atoms with Crippen LogP contribution >= 0.6 is 0 Å². The third kappa shape index (κ3) is 2.70. The molecule has 0 aliphatic carbocycles. The van der Waals surface area contributed by atoms with E-state index < -0.39 is 0 Å². The second-order valence-electron chi connectivity index (χ2n) is 6.87. The lowest BCUT2D eigenvalue weighted by Crippen LogP contribution is -2.18. The van der Waals surface area contributed by atoms with Gasteiger partial charge in [-0.15, -0.1) is 0 Å². The van der Waals surface area contributed by atoms with Gasteiger partial charge < -0.3 is 9.52 Å². The zero-order valence-corrected chi connectivity index (χ0v) is 14.4. The van der Waals surface area contributed by atoms with Gasteiger partial charge in [0.1, 0.15) is 17.1 Å². The van der Waals surface area contributed by atoms with Crippen LogP contribution < -0.4 is 0 Å². The van der Waals surface area contributed by atoms with Crippen molar-refractivity contribution in [3.63, 3.8) is 0 Å². The molecular weight excluding hydrogens is 308 g/mol. The summed E-state index contributed by atoms with van der Waals surface area (Å²) in [5.74, 6) is 1.02. The number of hydrogen-bond donors (Lipinski definition) is 1. The average molecular weight is 328 g/mol. The quantitative estimate of drug-likeness (QED) is 0.490. The molecule has 0 saturated heterocycles. The zero-order valence-electron chi connectivity index (χ0n) is 14.4. The SMILES string of the molecule is CC(C)(c1ccccc1)c1cc(O)c2cc(-c3ccccc3)oc2c1. The third-order valence-corrected chi connectivity index (χ3v) is 4.89. The number of benzene rings is 3. The van der Waals surface area contributed by atoms with Crippen LogP contribution in [0.1, 0.15) is 25.0 Å². The van der Waals surface area contributed by atoms with Crippen LogP contribution in [0.2, 0.25) is 0 Å². The molecule has 0 atom stereocenters. The van der Waals surface area contributed by atoms with E-state index in [0.29, 0.717) is 5.58 Å². The molecule has 0 fully saturated rings. The average Bonchev–Trinajstić information content (AvgIpc) is 3.08. The van der Waals surface area contributed by atoms with Gasteiger partial charge in [-0.1, -0.05) is 74.5 Å². The molecule has 0 radical (unpaired) electrons. The van der Waals surface area contributed by atoms with Crippen molar-refractivity contribution in [1.29, 1.82) is 0 Å². The number of rotatable bonds is 3. The molecule has 0 saturated carbocycles. The van der Waals surface area contributed by atoms with E-state index in [1.165, 1.54) is 5.56 Å². The van der Waals surface area contributed by atoms with Crippen LogP contribution in [0.3, 0.4) is 0 Å². The summed E-state index contributed by atoms with van der Waals surface area (Å²) in [6, 6.07) is 26.0. The van der Waals surface area contributed by atoms with Gasteiger partial charge in [0.15, 0.2) is 0 Å². The van der Waals surface area contributed by atoms with Crippen molar-refractivity contribution in [1.82, 2.24) is 0 Å². The second-order valence-corrected chi connectivity index (χ2v) is 6.87. The fraction of sp³-hybridized carbons (Fsp3) is 0.130. The fourth-order valence-electron chi connectivity index (χ4n) is 3.25. The van der Waals surface area contributed by atoms with Crippen LogP contribution in [-0.4, -0.2) is 5.11 Å². The van der Waals surface area contributed by atoms with Gasteiger partial charge in [0.05, 0.1) is 5.39 Å². The van der Waals surface area contributed by atoms with E-state index in [0.717, 1.165) is 22.3 Å². The van der Waals surface area contributed by atoms with Crippen LogP contribution in [0.15, 0.2) is 83.3 Å². The molecule has 0 spiro atoms. The van der Waals surface area contributed by atoms with Crippen LogP contribution in [0, 0.1) is 0 Å². The summed E-state index contributed by atoms with van der Waals surface area (Å²) >= 11 is 0. The molecule has 2 heteroatoms. The Morgan fingerprint density at radius 1 is 0.760 bits per heavy atom. The first-order valence-electron chi connectivity index (χ1n) is 8.44. The summed E-state index contributed by atoms with van der Waals surface area (Å²) in [6.45, 7) is 4.31. The maximum atomic E-state index is 10.6. The van der Waals surface area contributed by atoms with E-state index in [4.69, 9.17) is 4.42 Å². The van der Waals surface area contributed by atoms with Crippen molar-refractivity contribution in [2.24, 2.45) is 0 Å². The van der Waals surface area contributed by atoms with Gasteiger partial charge >= 0.3 is 0 Å². The van der Waals surface area contributed by atoms with E-state index in [1.54, 1.807) is 0 Å². The largest absolute Gasteiger partial charge is 0.507 e. The smallest absolute Gasteiger partial charge is 0.138 e. The topological polar surface area (TPSA) is 33.4 Å². The molecule has 124 valence electrons. The van der Waals surface area contributed by atoms with E-state index in [9.17, 15) is 5.11 Å². The second kappa shape index (κ2) is 5.82. The fourth-order valence-corrected chi connectivity index (χ4v) is 3.25. The van der Waals surface area contributed by atoms with E-state index in [1.807, 2.05) is 66.7 Å². The van der Waals surface area contributed by atoms with Gasteiger partial charge in [-0.05, 0) is 29.3 Å². The maximum absolute atomic E-state index is 10.6. The lowest BCUT2D eigenvalue weighted by Gasteiger charge is -2.26. The van der Waals surface area contributed by atoms with Crippen molar-refractivity contribution in [3.05, 3.63) is 90.0 Å². The Hall–Kier alpha value is -3.00. The maximum Gasteiger partial charge on any atom is 0.138 e. The Morgan fingerprint density at radius 3 is 2.08 bits per heavy atom. The van der Waals surface area contributed by atoms with Gasteiger partial charge in [0, 0.05) is 11.0 Å². The number of hydrogen-bond acceptors (Lipinski definition) is 2. The minimum Gasteiger partial charge on any atom is -0.507 e. The van der Waals surface area contributed by atoms with Gasteiger partial charge in [-0.2, -0.15) is 0 Å². The highest BCUT2D eigenvalue weighted by Crippen LogP contribution is 2.39. The minimum atomic E-state index is -0.230. The number of phenolic OH excluding ortho intramolecular Hbond substituents is 1. The molecule has 1 heterocycles. The van der Waals surface area contributed by atoms with Crippen molar-refractivity contribution in [2.45, 2.75) is 19.3 Å². The van der Waals surface area contributed by atoms with Gasteiger partial charge in [-0.25, -0.2) is 0 Å². The highest BCUT2D eigenvalue weighted by molar-refractivity contribution is 5.89. The highest BCUT2D eigenvalue weighted by Gasteiger charge is 2.25. The molecule has 0 amide bonds. The van der Waals surface area contributed by atoms with Crippen molar-refractivity contribution in [3.8, 4) is 17.1 Å². The van der Waals surface area contributed by atoms with Crippen LogP contribution in [-0.2, 0) is 5.41 Å². The van der Waals surface area contributed by atoms with Gasteiger partial charge in [-0.3, -0.25) is 0 Å². The first-order valence-corrected chi connectivity index (χ1v) is 8.44. The molecule has 4 rings (SSSR count). The number of aromatic hydroxyl groups is 1. The van der Waals surface area contributed by atoms with Crippen molar-refractivity contribution < 1.29 is 9.52 Å². The molecule has 25 heavy (non-hydrogen) atoms.